The summed E-state index contributed by atoms with van der Waals surface area (Å²) < 4.78 is 11.5. The first-order chi connectivity index (χ1) is 12.1. The predicted octanol–water partition coefficient (Wildman–Crippen LogP) is 5.65. The van der Waals surface area contributed by atoms with Crippen molar-refractivity contribution in [2.45, 2.75) is 20.5 Å². The van der Waals surface area contributed by atoms with E-state index in [0.29, 0.717) is 27.1 Å². The smallest absolute Gasteiger partial charge is 0.146 e. The van der Waals surface area contributed by atoms with E-state index in [0.717, 1.165) is 17.0 Å². The molecule has 0 radical (unpaired) electrons. The van der Waals surface area contributed by atoms with Gasteiger partial charge in [0.1, 0.15) is 35.0 Å². The van der Waals surface area contributed by atoms with E-state index < -0.39 is 0 Å². The van der Waals surface area contributed by atoms with Gasteiger partial charge in [0.2, 0.25) is 0 Å². The number of furan rings is 1. The summed E-state index contributed by atoms with van der Waals surface area (Å²) in [4.78, 5) is 4.33. The van der Waals surface area contributed by atoms with Crippen molar-refractivity contribution in [3.63, 3.8) is 0 Å². The minimum absolute atomic E-state index is 0.285. The number of rotatable bonds is 5. The minimum atomic E-state index is 0.285. The van der Waals surface area contributed by atoms with Crippen LogP contribution in [-0.4, -0.2) is 4.98 Å². The lowest BCUT2D eigenvalue weighted by atomic mass is 10.2. The van der Waals surface area contributed by atoms with E-state index in [4.69, 9.17) is 20.8 Å². The van der Waals surface area contributed by atoms with Crippen LogP contribution in [0.25, 0.3) is 11.6 Å². The Morgan fingerprint density at radius 2 is 2.20 bits per heavy atom. The number of allylic oxidation sites excluding steroid dienone is 1. The van der Waals surface area contributed by atoms with Crippen LogP contribution in [0.1, 0.15) is 27.8 Å². The number of benzene rings is 1. The second-order valence-corrected chi connectivity index (χ2v) is 6.68. The van der Waals surface area contributed by atoms with Gasteiger partial charge < -0.3 is 9.15 Å². The summed E-state index contributed by atoms with van der Waals surface area (Å²) in [5, 5.41) is 12.6. The van der Waals surface area contributed by atoms with E-state index in [9.17, 15) is 5.26 Å². The highest BCUT2D eigenvalue weighted by Crippen LogP contribution is 2.26. The molecule has 0 N–H and O–H groups in total. The summed E-state index contributed by atoms with van der Waals surface area (Å²) in [7, 11) is 0. The molecule has 0 atom stereocenters. The van der Waals surface area contributed by atoms with Gasteiger partial charge in [-0.2, -0.15) is 5.26 Å². The number of aromatic nitrogens is 1. The van der Waals surface area contributed by atoms with Gasteiger partial charge in [-0.1, -0.05) is 17.7 Å². The van der Waals surface area contributed by atoms with Crippen LogP contribution in [0.15, 0.2) is 40.1 Å². The first-order valence-corrected chi connectivity index (χ1v) is 8.83. The molecule has 0 aliphatic rings. The predicted molar refractivity (Wildman–Crippen MR) is 99.6 cm³/mol. The molecule has 0 bridgehead atoms. The minimum Gasteiger partial charge on any atom is -0.485 e. The Morgan fingerprint density at radius 1 is 1.36 bits per heavy atom. The van der Waals surface area contributed by atoms with Gasteiger partial charge in [0, 0.05) is 27.7 Å². The molecule has 3 rings (SSSR count). The third-order valence-electron chi connectivity index (χ3n) is 3.53. The fourth-order valence-corrected chi connectivity index (χ4v) is 3.13. The maximum atomic E-state index is 9.33. The molecule has 0 unspecified atom stereocenters. The van der Waals surface area contributed by atoms with Gasteiger partial charge in [-0.3, -0.25) is 0 Å². The molecule has 0 aliphatic carbocycles. The molecule has 0 amide bonds. The van der Waals surface area contributed by atoms with Crippen LogP contribution in [0.4, 0.5) is 0 Å². The molecule has 0 aliphatic heterocycles. The Morgan fingerprint density at radius 3 is 2.92 bits per heavy atom. The van der Waals surface area contributed by atoms with Crippen molar-refractivity contribution in [3.8, 4) is 11.8 Å². The highest BCUT2D eigenvalue weighted by atomic mass is 35.5. The highest BCUT2D eigenvalue weighted by molar-refractivity contribution is 7.11. The molecule has 4 nitrogen and oxygen atoms in total. The molecule has 2 aromatic heterocycles. The van der Waals surface area contributed by atoms with Crippen molar-refractivity contribution in [2.24, 2.45) is 0 Å². The largest absolute Gasteiger partial charge is 0.485 e. The number of hydrogen-bond donors (Lipinski definition) is 0. The molecule has 0 fully saturated rings. The quantitative estimate of drug-likeness (QED) is 0.544. The van der Waals surface area contributed by atoms with Gasteiger partial charge in [-0.15, -0.1) is 11.3 Å². The number of nitriles is 1. The Hall–Kier alpha value is -2.55. The second-order valence-electron chi connectivity index (χ2n) is 5.42. The average Bonchev–Trinajstić information content (AvgIpc) is 3.23. The maximum Gasteiger partial charge on any atom is 0.146 e. The molecule has 1 aromatic carbocycles. The van der Waals surface area contributed by atoms with Gasteiger partial charge in [0.05, 0.1) is 5.57 Å². The molecule has 6 heteroatoms. The molecular formula is C19H15ClN2O2S. The average molecular weight is 371 g/mol. The van der Waals surface area contributed by atoms with Crippen molar-refractivity contribution in [2.75, 3.05) is 0 Å². The first-order valence-electron chi connectivity index (χ1n) is 7.57. The number of thiazole rings is 1. The van der Waals surface area contributed by atoms with E-state index >= 15 is 0 Å². The summed E-state index contributed by atoms with van der Waals surface area (Å²) in [5.41, 5.74) is 2.26. The van der Waals surface area contributed by atoms with E-state index in [-0.39, 0.29) is 6.61 Å². The number of halogens is 1. The van der Waals surface area contributed by atoms with Gasteiger partial charge in [0.25, 0.3) is 0 Å². The monoisotopic (exact) mass is 370 g/mol. The van der Waals surface area contributed by atoms with Gasteiger partial charge in [-0.05, 0) is 38.1 Å². The molecule has 0 spiro atoms. The van der Waals surface area contributed by atoms with Crippen molar-refractivity contribution < 1.29 is 9.15 Å². The number of aryl methyl sites for hydroxylation is 1. The summed E-state index contributed by atoms with van der Waals surface area (Å²) in [6.07, 6.45) is 1.69. The van der Waals surface area contributed by atoms with Crippen molar-refractivity contribution in [1.82, 2.24) is 4.98 Å². The zero-order valence-electron chi connectivity index (χ0n) is 13.7. The van der Waals surface area contributed by atoms with Gasteiger partial charge in [-0.25, -0.2) is 4.98 Å². The lowest BCUT2D eigenvalue weighted by Gasteiger charge is -2.08. The van der Waals surface area contributed by atoms with Crippen LogP contribution in [0.2, 0.25) is 5.02 Å². The van der Waals surface area contributed by atoms with E-state index in [1.54, 1.807) is 12.1 Å². The zero-order valence-corrected chi connectivity index (χ0v) is 15.3. The van der Waals surface area contributed by atoms with Crippen LogP contribution in [0.3, 0.4) is 0 Å². The van der Waals surface area contributed by atoms with E-state index in [1.165, 1.54) is 11.3 Å². The Bertz CT molecular complexity index is 966. The van der Waals surface area contributed by atoms with Crippen molar-refractivity contribution in [3.05, 3.63) is 68.5 Å². The SMILES string of the molecule is Cc1csc(/C(C#N)=C/c2ccc(COc3cccc(Cl)c3C)o2)n1. The Kier molecular flexibility index (Phi) is 5.22. The van der Waals surface area contributed by atoms with Crippen molar-refractivity contribution in [1.29, 1.82) is 5.26 Å². The van der Waals surface area contributed by atoms with Crippen molar-refractivity contribution >= 4 is 34.6 Å². The molecule has 25 heavy (non-hydrogen) atoms. The van der Waals surface area contributed by atoms with Crippen LogP contribution in [0, 0.1) is 25.2 Å². The Balaban J connectivity index is 1.73. The lowest BCUT2D eigenvalue weighted by Crippen LogP contribution is -1.95. The topological polar surface area (TPSA) is 59.0 Å². The van der Waals surface area contributed by atoms with Crippen LogP contribution >= 0.6 is 22.9 Å². The fraction of sp³-hybridized carbons (Fsp3) is 0.158. The molecule has 126 valence electrons. The summed E-state index contributed by atoms with van der Waals surface area (Å²) in [5.74, 6) is 1.97. The fourth-order valence-electron chi connectivity index (χ4n) is 2.20. The highest BCUT2D eigenvalue weighted by Gasteiger charge is 2.09. The molecule has 0 saturated carbocycles. The number of nitrogens with zero attached hydrogens (tertiary/aromatic N) is 2. The van der Waals surface area contributed by atoms with E-state index in [2.05, 4.69) is 11.1 Å². The summed E-state index contributed by atoms with van der Waals surface area (Å²) >= 11 is 7.52. The molecular weight excluding hydrogens is 356 g/mol. The number of hydrogen-bond acceptors (Lipinski definition) is 5. The summed E-state index contributed by atoms with van der Waals surface area (Å²) in [6.45, 7) is 4.09. The van der Waals surface area contributed by atoms with Crippen LogP contribution < -0.4 is 4.74 Å². The Labute approximate surface area is 155 Å². The molecule has 3 aromatic rings. The molecule has 0 saturated heterocycles. The normalized spacial score (nSPS) is 11.4. The standard InChI is InChI=1S/C19H15ClN2O2S/c1-12-11-25-19(22-12)14(9-21)8-15-6-7-16(24-15)10-23-18-5-3-4-17(20)13(18)2/h3-8,11H,10H2,1-2H3/b14-8+. The number of ether oxygens (including phenoxy) is 1. The second kappa shape index (κ2) is 7.56. The van der Waals surface area contributed by atoms with E-state index in [1.807, 2.05) is 43.5 Å². The summed E-state index contributed by atoms with van der Waals surface area (Å²) in [6, 6.07) is 11.3. The van der Waals surface area contributed by atoms with Crippen LogP contribution in [0.5, 0.6) is 5.75 Å². The lowest BCUT2D eigenvalue weighted by molar-refractivity contribution is 0.268. The van der Waals surface area contributed by atoms with Gasteiger partial charge in [0.15, 0.2) is 0 Å². The maximum absolute atomic E-state index is 9.33. The van der Waals surface area contributed by atoms with Gasteiger partial charge >= 0.3 is 0 Å². The zero-order chi connectivity index (χ0) is 17.8. The molecule has 2 heterocycles. The third-order valence-corrected chi connectivity index (χ3v) is 4.93. The first kappa shape index (κ1) is 17.3. The third kappa shape index (κ3) is 4.11. The van der Waals surface area contributed by atoms with Crippen LogP contribution in [-0.2, 0) is 6.61 Å².